The Morgan fingerprint density at radius 1 is 0.640 bits per heavy atom. The van der Waals surface area contributed by atoms with E-state index in [1.165, 1.54) is 14.7 Å². The molecule has 272 valence electrons. The molecular weight excluding hydrogens is 651 g/mol. The zero-order valence-electron chi connectivity index (χ0n) is 30.5. The summed E-state index contributed by atoms with van der Waals surface area (Å²) in [5.41, 5.74) is 1.41. The first-order valence-corrected chi connectivity index (χ1v) is 18.3. The van der Waals surface area contributed by atoms with Crippen molar-refractivity contribution < 1.29 is 33.5 Å². The van der Waals surface area contributed by atoms with Gasteiger partial charge in [-0.25, -0.2) is 0 Å². The summed E-state index contributed by atoms with van der Waals surface area (Å²) >= 11 is 0. The molecule has 0 radical (unpaired) electrons. The molecular formula is C41H55NO7S. The quantitative estimate of drug-likeness (QED) is 0.0379. The number of rotatable bonds is 17. The van der Waals surface area contributed by atoms with Crippen molar-refractivity contribution in [3.63, 3.8) is 0 Å². The lowest BCUT2D eigenvalue weighted by Crippen LogP contribution is -2.49. The summed E-state index contributed by atoms with van der Waals surface area (Å²) in [5.74, 6) is -1.12. The summed E-state index contributed by atoms with van der Waals surface area (Å²) in [6.07, 6.45) is 0. The third kappa shape index (κ3) is 16.4. The fraction of sp³-hybridized carbons (Fsp3) is 0.390. The maximum Gasteiger partial charge on any atom is 0.166 e. The average molecular weight is 706 g/mol. The Bertz CT molecular complexity index is 1330. The van der Waals surface area contributed by atoms with E-state index in [-0.39, 0.29) is 33.3 Å². The van der Waals surface area contributed by atoms with Crippen LogP contribution in [0.15, 0.2) is 130 Å². The summed E-state index contributed by atoms with van der Waals surface area (Å²) in [5, 5.41) is 22.9. The van der Waals surface area contributed by atoms with E-state index >= 15 is 0 Å². The van der Waals surface area contributed by atoms with Gasteiger partial charge in [0.15, 0.2) is 14.7 Å². The Kier molecular flexibility index (Phi) is 20.3. The summed E-state index contributed by atoms with van der Waals surface area (Å²) in [4.78, 5) is 14.5. The highest BCUT2D eigenvalue weighted by molar-refractivity contribution is 7.97. The Hall–Kier alpha value is -3.54. The van der Waals surface area contributed by atoms with Gasteiger partial charge in [0.2, 0.25) is 0 Å². The molecule has 0 aliphatic rings. The lowest BCUT2D eigenvalue weighted by atomic mass is 9.87. The SMILES string of the molecule is CC(C)(C)c1ccc(C(=O)[O-])cc1.CCOCC[N+]([O-])(CCOCC)CCOCOC.c1ccc([S+](c2ccccc2)c2ccccc2)cc1. The Morgan fingerprint density at radius 2 is 1.02 bits per heavy atom. The zero-order valence-corrected chi connectivity index (χ0v) is 31.4. The molecule has 0 aliphatic carbocycles. The number of nitrogens with zero attached hydrogens (tertiary/aromatic N) is 1. The number of benzene rings is 4. The number of carboxylic acid groups (broad SMARTS) is 1. The fourth-order valence-electron chi connectivity index (χ4n) is 4.64. The number of hydrogen-bond acceptors (Lipinski definition) is 7. The lowest BCUT2D eigenvalue weighted by Gasteiger charge is -2.42. The molecule has 50 heavy (non-hydrogen) atoms. The third-order valence-electron chi connectivity index (χ3n) is 7.46. The topological polar surface area (TPSA) is 100 Å². The number of carbonyl (C=O) groups excluding carboxylic acids is 1. The van der Waals surface area contributed by atoms with E-state index < -0.39 is 5.97 Å². The first kappa shape index (κ1) is 42.6. The molecule has 4 aromatic rings. The van der Waals surface area contributed by atoms with E-state index in [0.29, 0.717) is 52.7 Å². The normalized spacial score (nSPS) is 11.3. The highest BCUT2D eigenvalue weighted by Crippen LogP contribution is 2.30. The Labute approximate surface area is 302 Å². The van der Waals surface area contributed by atoms with Crippen LogP contribution in [-0.2, 0) is 35.3 Å². The maximum atomic E-state index is 12.5. The number of hydroxylamine groups is 3. The molecule has 0 atom stereocenters. The van der Waals surface area contributed by atoms with Gasteiger partial charge in [0, 0.05) is 20.3 Å². The number of aromatic carboxylic acids is 1. The van der Waals surface area contributed by atoms with Crippen molar-refractivity contribution >= 4 is 16.9 Å². The van der Waals surface area contributed by atoms with Gasteiger partial charge in [-0.3, -0.25) is 0 Å². The molecule has 4 rings (SSSR count). The highest BCUT2D eigenvalue weighted by atomic mass is 32.2. The molecule has 0 spiro atoms. The number of carbonyl (C=O) groups is 1. The molecule has 0 saturated carbocycles. The Morgan fingerprint density at radius 3 is 1.34 bits per heavy atom. The van der Waals surface area contributed by atoms with Crippen LogP contribution in [0.1, 0.15) is 50.5 Å². The molecule has 4 aromatic carbocycles. The van der Waals surface area contributed by atoms with Gasteiger partial charge in [-0.05, 0) is 66.8 Å². The zero-order chi connectivity index (χ0) is 36.7. The second-order valence-corrected chi connectivity index (χ2v) is 14.3. The number of quaternary nitrogens is 1. The minimum atomic E-state index is -1.12. The predicted octanol–water partition coefficient (Wildman–Crippen LogP) is 7.12. The first-order chi connectivity index (χ1) is 24.0. The highest BCUT2D eigenvalue weighted by Gasteiger charge is 2.27. The van der Waals surface area contributed by atoms with Crippen molar-refractivity contribution in [1.29, 1.82) is 0 Å². The number of carboxylic acids is 1. The first-order valence-electron chi connectivity index (χ1n) is 17.0. The molecule has 0 bridgehead atoms. The minimum absolute atomic E-state index is 0.0146. The van der Waals surface area contributed by atoms with Crippen molar-refractivity contribution in [3.05, 3.63) is 132 Å². The summed E-state index contributed by atoms with van der Waals surface area (Å²) < 4.78 is 20.1. The van der Waals surface area contributed by atoms with E-state index in [1.807, 2.05) is 26.0 Å². The molecule has 8 nitrogen and oxygen atoms in total. The second kappa shape index (κ2) is 23.8. The van der Waals surface area contributed by atoms with Crippen molar-refractivity contribution in [2.45, 2.75) is 54.7 Å². The van der Waals surface area contributed by atoms with Crippen LogP contribution in [0.4, 0.5) is 0 Å². The van der Waals surface area contributed by atoms with E-state index in [0.717, 1.165) is 5.56 Å². The largest absolute Gasteiger partial charge is 0.633 e. The molecule has 0 amide bonds. The van der Waals surface area contributed by atoms with E-state index in [4.69, 9.17) is 18.9 Å². The van der Waals surface area contributed by atoms with Crippen LogP contribution in [0, 0.1) is 5.21 Å². The van der Waals surface area contributed by atoms with E-state index in [2.05, 4.69) is 112 Å². The van der Waals surface area contributed by atoms with Crippen LogP contribution in [-0.4, -0.2) is 77.2 Å². The van der Waals surface area contributed by atoms with Crippen molar-refractivity contribution in [2.24, 2.45) is 0 Å². The van der Waals surface area contributed by atoms with Crippen LogP contribution in [0.5, 0.6) is 0 Å². The number of ether oxygens (including phenoxy) is 4. The van der Waals surface area contributed by atoms with Gasteiger partial charge in [-0.2, -0.15) is 0 Å². The fourth-order valence-corrected chi connectivity index (χ4v) is 6.75. The van der Waals surface area contributed by atoms with Gasteiger partial charge >= 0.3 is 0 Å². The van der Waals surface area contributed by atoms with E-state index in [9.17, 15) is 15.1 Å². The van der Waals surface area contributed by atoms with E-state index in [1.54, 1.807) is 19.2 Å². The van der Waals surface area contributed by atoms with Crippen LogP contribution in [0.3, 0.4) is 0 Å². The monoisotopic (exact) mass is 705 g/mol. The lowest BCUT2D eigenvalue weighted by molar-refractivity contribution is -0.882. The smallest absolute Gasteiger partial charge is 0.166 e. The van der Waals surface area contributed by atoms with Gasteiger partial charge < -0.3 is 38.7 Å². The minimum Gasteiger partial charge on any atom is -0.633 e. The standard InChI is InChI=1S/C18H15S.C12H27NO5.C11H14O2/c1-4-10-16(11-5-1)19(17-12-6-2-7-13-17)18-14-8-3-9-15-18;1-4-16-9-6-13(14,7-10-17-5-2)8-11-18-12-15-3;1-11(2,3)9-6-4-8(5-7-9)10(12)13/h1-15H;4-12H2,1-3H3;4-7H,1-3H3,(H,12,13)/q+1;;/p-1. The molecule has 0 fully saturated rings. The van der Waals surface area contributed by atoms with Gasteiger partial charge in [0.1, 0.15) is 26.4 Å². The van der Waals surface area contributed by atoms with Gasteiger partial charge in [0.05, 0.1) is 36.7 Å². The van der Waals surface area contributed by atoms with Crippen molar-refractivity contribution in [2.75, 3.05) is 66.6 Å². The predicted molar refractivity (Wildman–Crippen MR) is 200 cm³/mol. The molecule has 0 aliphatic heterocycles. The van der Waals surface area contributed by atoms with Crippen molar-refractivity contribution in [3.8, 4) is 0 Å². The maximum absolute atomic E-state index is 12.5. The van der Waals surface area contributed by atoms with Crippen LogP contribution >= 0.6 is 0 Å². The van der Waals surface area contributed by atoms with Gasteiger partial charge in [-0.1, -0.05) is 99.6 Å². The summed E-state index contributed by atoms with van der Waals surface area (Å²) in [6.45, 7) is 14.1. The second-order valence-electron chi connectivity index (χ2n) is 12.3. The number of methoxy groups -OCH3 is 1. The van der Waals surface area contributed by atoms with Crippen molar-refractivity contribution in [1.82, 2.24) is 0 Å². The molecule has 0 aromatic heterocycles. The summed E-state index contributed by atoms with van der Waals surface area (Å²) in [6, 6.07) is 39.0. The molecule has 0 heterocycles. The number of hydrogen-bond donors (Lipinski definition) is 0. The molecule has 0 N–H and O–H groups in total. The van der Waals surface area contributed by atoms with Gasteiger partial charge in [0.25, 0.3) is 0 Å². The molecule has 0 saturated heterocycles. The van der Waals surface area contributed by atoms with Crippen LogP contribution in [0.2, 0.25) is 0 Å². The van der Waals surface area contributed by atoms with Crippen LogP contribution in [0.25, 0.3) is 0 Å². The van der Waals surface area contributed by atoms with Gasteiger partial charge in [-0.15, -0.1) is 0 Å². The third-order valence-corrected chi connectivity index (χ3v) is 9.69. The summed E-state index contributed by atoms with van der Waals surface area (Å²) in [7, 11) is 1.54. The van der Waals surface area contributed by atoms with Crippen LogP contribution < -0.4 is 5.11 Å². The Balaban J connectivity index is 0.000000265. The molecule has 0 unspecified atom stereocenters. The average Bonchev–Trinajstić information content (AvgIpc) is 3.12. The molecule has 9 heteroatoms.